The van der Waals surface area contributed by atoms with Crippen molar-refractivity contribution in [3.63, 3.8) is 0 Å². The van der Waals surface area contributed by atoms with Gasteiger partial charge in [-0.3, -0.25) is 24.1 Å². The molecule has 0 N–H and O–H groups in total. The molecule has 2 aliphatic rings. The summed E-state index contributed by atoms with van der Waals surface area (Å²) in [5.41, 5.74) is 4.07. The van der Waals surface area contributed by atoms with E-state index in [4.69, 9.17) is 4.74 Å². The van der Waals surface area contributed by atoms with Crippen LogP contribution in [0.5, 0.6) is 5.75 Å². The molecule has 0 aromatic heterocycles. The highest BCUT2D eigenvalue weighted by Crippen LogP contribution is 2.31. The van der Waals surface area contributed by atoms with Crippen molar-refractivity contribution in [1.29, 1.82) is 0 Å². The van der Waals surface area contributed by atoms with Crippen molar-refractivity contribution < 1.29 is 23.9 Å². The van der Waals surface area contributed by atoms with Crippen LogP contribution in [0.25, 0.3) is 0 Å². The molecule has 2 aliphatic heterocycles. The molecule has 0 bridgehead atoms. The Morgan fingerprint density at radius 1 is 0.871 bits per heavy atom. The van der Waals surface area contributed by atoms with Gasteiger partial charge in [0, 0.05) is 31.5 Å². The molecule has 0 spiro atoms. The Hall–Kier alpha value is -3.48. The largest absolute Gasteiger partial charge is 0.426 e. The SMILES string of the molecule is Cc1ccc(N2C[C@H](C(=O)Oc3ccc(N4C(=O)CCC4=O)c(C)c3)CC2=O)c(C)c1. The van der Waals surface area contributed by atoms with Crippen LogP contribution in [0, 0.1) is 26.7 Å². The van der Waals surface area contributed by atoms with E-state index in [1.165, 1.54) is 4.90 Å². The zero-order valence-corrected chi connectivity index (χ0v) is 17.8. The quantitative estimate of drug-likeness (QED) is 0.431. The van der Waals surface area contributed by atoms with E-state index in [9.17, 15) is 19.2 Å². The summed E-state index contributed by atoms with van der Waals surface area (Å²) in [6.07, 6.45) is 0.517. The van der Waals surface area contributed by atoms with Gasteiger partial charge in [0.05, 0.1) is 11.6 Å². The summed E-state index contributed by atoms with van der Waals surface area (Å²) in [5, 5.41) is 0. The van der Waals surface area contributed by atoms with E-state index in [0.29, 0.717) is 17.0 Å². The van der Waals surface area contributed by atoms with Crippen LogP contribution in [0.2, 0.25) is 0 Å². The molecule has 2 fully saturated rings. The molecular formula is C24H24N2O5. The first-order chi connectivity index (χ1) is 14.7. The molecule has 7 nitrogen and oxygen atoms in total. The highest BCUT2D eigenvalue weighted by atomic mass is 16.5. The highest BCUT2D eigenvalue weighted by molar-refractivity contribution is 6.20. The van der Waals surface area contributed by atoms with E-state index in [1.807, 2.05) is 32.0 Å². The van der Waals surface area contributed by atoms with E-state index in [-0.39, 0.29) is 43.5 Å². The molecule has 1 atom stereocenters. The number of aryl methyl sites for hydroxylation is 3. The molecular weight excluding hydrogens is 396 g/mol. The van der Waals surface area contributed by atoms with Gasteiger partial charge in [0.1, 0.15) is 5.75 Å². The maximum atomic E-state index is 12.7. The minimum atomic E-state index is -0.560. The smallest absolute Gasteiger partial charge is 0.316 e. The lowest BCUT2D eigenvalue weighted by atomic mass is 10.1. The van der Waals surface area contributed by atoms with Crippen molar-refractivity contribution in [2.75, 3.05) is 16.3 Å². The standard InChI is InChI=1S/C24H24N2O5/c1-14-4-6-19(15(2)10-14)25-13-17(12-23(25)29)24(30)31-18-5-7-20(16(3)11-18)26-21(27)8-9-22(26)28/h4-7,10-11,17H,8-9,12-13H2,1-3H3/t17-/m1/s1. The summed E-state index contributed by atoms with van der Waals surface area (Å²) in [4.78, 5) is 52.0. The molecule has 160 valence electrons. The minimum Gasteiger partial charge on any atom is -0.426 e. The van der Waals surface area contributed by atoms with Gasteiger partial charge in [-0.2, -0.15) is 0 Å². The van der Waals surface area contributed by atoms with Crippen LogP contribution in [-0.4, -0.2) is 30.2 Å². The summed E-state index contributed by atoms with van der Waals surface area (Å²) < 4.78 is 5.53. The predicted molar refractivity (Wildman–Crippen MR) is 115 cm³/mol. The third-order valence-electron chi connectivity index (χ3n) is 5.78. The van der Waals surface area contributed by atoms with Crippen LogP contribution in [-0.2, 0) is 19.2 Å². The molecule has 4 rings (SSSR count). The molecule has 0 radical (unpaired) electrons. The van der Waals surface area contributed by atoms with Gasteiger partial charge in [-0.15, -0.1) is 0 Å². The third-order valence-corrected chi connectivity index (χ3v) is 5.78. The van der Waals surface area contributed by atoms with Gasteiger partial charge >= 0.3 is 5.97 Å². The van der Waals surface area contributed by atoms with Gasteiger partial charge < -0.3 is 9.64 Å². The van der Waals surface area contributed by atoms with Gasteiger partial charge in [-0.1, -0.05) is 17.7 Å². The first-order valence-electron chi connectivity index (χ1n) is 10.3. The second kappa shape index (κ2) is 7.98. The molecule has 31 heavy (non-hydrogen) atoms. The van der Waals surface area contributed by atoms with Crippen LogP contribution in [0.3, 0.4) is 0 Å². The zero-order valence-electron chi connectivity index (χ0n) is 17.8. The monoisotopic (exact) mass is 420 g/mol. The molecule has 0 saturated carbocycles. The Kier molecular flexibility index (Phi) is 5.35. The van der Waals surface area contributed by atoms with Crippen molar-refractivity contribution >= 4 is 35.1 Å². The highest BCUT2D eigenvalue weighted by Gasteiger charge is 2.37. The number of carbonyl (C=O) groups is 4. The second-order valence-corrected chi connectivity index (χ2v) is 8.19. The number of carbonyl (C=O) groups excluding carboxylic acids is 4. The van der Waals surface area contributed by atoms with Crippen LogP contribution in [0.15, 0.2) is 36.4 Å². The molecule has 7 heteroatoms. The maximum absolute atomic E-state index is 12.7. The number of hydrogen-bond donors (Lipinski definition) is 0. The lowest BCUT2D eigenvalue weighted by molar-refractivity contribution is -0.139. The first kappa shape index (κ1) is 20.8. The number of amides is 3. The summed E-state index contributed by atoms with van der Waals surface area (Å²) in [5.74, 6) is -1.27. The number of imide groups is 1. The van der Waals surface area contributed by atoms with E-state index >= 15 is 0 Å². The molecule has 0 aliphatic carbocycles. The fourth-order valence-corrected chi connectivity index (χ4v) is 4.19. The zero-order chi connectivity index (χ0) is 22.3. The average Bonchev–Trinajstić information content (AvgIpc) is 3.25. The lowest BCUT2D eigenvalue weighted by Gasteiger charge is -2.19. The summed E-state index contributed by atoms with van der Waals surface area (Å²) in [7, 11) is 0. The molecule has 2 aromatic carbocycles. The number of anilines is 2. The Bertz CT molecular complexity index is 1090. The van der Waals surface area contributed by atoms with Crippen LogP contribution in [0.1, 0.15) is 36.0 Å². The van der Waals surface area contributed by atoms with E-state index in [0.717, 1.165) is 16.8 Å². The number of ether oxygens (including phenoxy) is 1. The Balaban J connectivity index is 1.46. The second-order valence-electron chi connectivity index (χ2n) is 8.19. The molecule has 2 aromatic rings. The Morgan fingerprint density at radius 3 is 2.16 bits per heavy atom. The summed E-state index contributed by atoms with van der Waals surface area (Å²) in [6.45, 7) is 5.97. The number of benzene rings is 2. The molecule has 0 unspecified atom stereocenters. The summed E-state index contributed by atoms with van der Waals surface area (Å²) >= 11 is 0. The first-order valence-corrected chi connectivity index (χ1v) is 10.3. The van der Waals surface area contributed by atoms with Gasteiger partial charge in [0.15, 0.2) is 0 Å². The fraction of sp³-hybridized carbons (Fsp3) is 0.333. The van der Waals surface area contributed by atoms with Crippen LogP contribution >= 0.6 is 0 Å². The van der Waals surface area contributed by atoms with E-state index in [1.54, 1.807) is 30.0 Å². The number of esters is 1. The number of rotatable bonds is 4. The third kappa shape index (κ3) is 3.95. The Morgan fingerprint density at radius 2 is 1.52 bits per heavy atom. The van der Waals surface area contributed by atoms with Crippen LogP contribution < -0.4 is 14.5 Å². The maximum Gasteiger partial charge on any atom is 0.316 e. The number of nitrogens with zero attached hydrogens (tertiary/aromatic N) is 2. The molecule has 2 saturated heterocycles. The average molecular weight is 420 g/mol. The van der Waals surface area contributed by atoms with Crippen molar-refractivity contribution in [3.8, 4) is 5.75 Å². The molecule has 2 heterocycles. The number of hydrogen-bond acceptors (Lipinski definition) is 5. The fourth-order valence-electron chi connectivity index (χ4n) is 4.19. The topological polar surface area (TPSA) is 84.0 Å². The lowest BCUT2D eigenvalue weighted by Crippen LogP contribution is -2.29. The Labute approximate surface area is 180 Å². The van der Waals surface area contributed by atoms with Crippen molar-refractivity contribution in [3.05, 3.63) is 53.1 Å². The van der Waals surface area contributed by atoms with Crippen LogP contribution in [0.4, 0.5) is 11.4 Å². The van der Waals surface area contributed by atoms with Gasteiger partial charge in [0.2, 0.25) is 17.7 Å². The minimum absolute atomic E-state index is 0.0972. The van der Waals surface area contributed by atoms with Crippen molar-refractivity contribution in [2.45, 2.75) is 40.0 Å². The molecule has 3 amide bonds. The van der Waals surface area contributed by atoms with Crippen molar-refractivity contribution in [2.24, 2.45) is 5.92 Å². The normalized spacial score (nSPS) is 18.8. The van der Waals surface area contributed by atoms with Crippen molar-refractivity contribution in [1.82, 2.24) is 0 Å². The van der Waals surface area contributed by atoms with Gasteiger partial charge in [-0.05, 0) is 56.2 Å². The van der Waals surface area contributed by atoms with E-state index in [2.05, 4.69) is 0 Å². The summed E-state index contributed by atoms with van der Waals surface area (Å²) in [6, 6.07) is 10.7. The van der Waals surface area contributed by atoms with Gasteiger partial charge in [-0.25, -0.2) is 0 Å². The van der Waals surface area contributed by atoms with Gasteiger partial charge in [0.25, 0.3) is 0 Å². The van der Waals surface area contributed by atoms with E-state index < -0.39 is 11.9 Å². The predicted octanol–water partition coefficient (Wildman–Crippen LogP) is 3.22.